The number of benzene rings is 4. The number of sulfonamides is 1. The van der Waals surface area contributed by atoms with Gasteiger partial charge < -0.3 is 10.6 Å². The Bertz CT molecular complexity index is 1730. The number of anilines is 1. The zero-order valence-corrected chi connectivity index (χ0v) is 26.0. The highest BCUT2D eigenvalue weighted by molar-refractivity contribution is 7.89. The Morgan fingerprint density at radius 2 is 1.62 bits per heavy atom. The SMILES string of the molecule is Cc1ccc([C@@H](c2cc(F)cc(F)c2)[C@H](C)C(=O)Nc2cccc(F)c2CC[C@H]2CNCCN2S(=O)(=O)c2ccccc2)cc1. The van der Waals surface area contributed by atoms with E-state index in [2.05, 4.69) is 10.6 Å². The number of amides is 1. The van der Waals surface area contributed by atoms with Gasteiger partial charge in [0.2, 0.25) is 15.9 Å². The van der Waals surface area contributed by atoms with Gasteiger partial charge in [-0.1, -0.05) is 61.0 Å². The number of carbonyl (C=O) groups excluding carboxylic acids is 1. The van der Waals surface area contributed by atoms with Crippen molar-refractivity contribution in [3.63, 3.8) is 0 Å². The number of nitrogens with one attached hydrogen (secondary N) is 2. The molecule has 1 aliphatic rings. The lowest BCUT2D eigenvalue weighted by atomic mass is 9.80. The molecule has 3 atom stereocenters. The van der Waals surface area contributed by atoms with Crippen molar-refractivity contribution in [3.05, 3.63) is 131 Å². The Hall–Kier alpha value is -3.99. The van der Waals surface area contributed by atoms with Crippen LogP contribution >= 0.6 is 0 Å². The van der Waals surface area contributed by atoms with Gasteiger partial charge in [-0.2, -0.15) is 4.31 Å². The summed E-state index contributed by atoms with van der Waals surface area (Å²) in [6.45, 7) is 4.77. The predicted octanol–water partition coefficient (Wildman–Crippen LogP) is 6.41. The van der Waals surface area contributed by atoms with Crippen LogP contribution in [0, 0.1) is 30.3 Å². The van der Waals surface area contributed by atoms with Crippen molar-refractivity contribution in [2.24, 2.45) is 5.92 Å². The Balaban J connectivity index is 1.38. The lowest BCUT2D eigenvalue weighted by Gasteiger charge is -2.35. The minimum Gasteiger partial charge on any atom is -0.325 e. The summed E-state index contributed by atoms with van der Waals surface area (Å²) in [5.74, 6) is -3.95. The predicted molar refractivity (Wildman–Crippen MR) is 169 cm³/mol. The van der Waals surface area contributed by atoms with Crippen molar-refractivity contribution < 1.29 is 26.4 Å². The molecule has 4 aromatic rings. The van der Waals surface area contributed by atoms with Gasteiger partial charge in [-0.15, -0.1) is 0 Å². The largest absolute Gasteiger partial charge is 0.325 e. The number of hydrogen-bond donors (Lipinski definition) is 2. The van der Waals surface area contributed by atoms with E-state index in [1.807, 2.05) is 31.2 Å². The zero-order chi connectivity index (χ0) is 32.1. The first-order chi connectivity index (χ1) is 21.5. The number of carbonyl (C=O) groups is 1. The second-order valence-electron chi connectivity index (χ2n) is 11.5. The van der Waals surface area contributed by atoms with Gasteiger partial charge in [0.1, 0.15) is 17.5 Å². The van der Waals surface area contributed by atoms with Gasteiger partial charge >= 0.3 is 0 Å². The molecule has 5 rings (SSSR count). The average Bonchev–Trinajstić information content (AvgIpc) is 3.02. The first-order valence-corrected chi connectivity index (χ1v) is 16.4. The van der Waals surface area contributed by atoms with Crippen LogP contribution in [0.5, 0.6) is 0 Å². The number of piperazine rings is 1. The molecule has 236 valence electrons. The molecular formula is C35H36F3N3O3S. The van der Waals surface area contributed by atoms with Crippen molar-refractivity contribution in [2.75, 3.05) is 25.0 Å². The molecule has 10 heteroatoms. The molecule has 2 N–H and O–H groups in total. The topological polar surface area (TPSA) is 78.5 Å². The molecule has 0 aliphatic carbocycles. The van der Waals surface area contributed by atoms with E-state index in [9.17, 15) is 22.0 Å². The number of rotatable bonds is 10. The van der Waals surface area contributed by atoms with E-state index in [4.69, 9.17) is 0 Å². The number of hydrogen-bond acceptors (Lipinski definition) is 4. The van der Waals surface area contributed by atoms with Crippen LogP contribution in [-0.2, 0) is 21.2 Å². The van der Waals surface area contributed by atoms with Crippen LogP contribution in [0.4, 0.5) is 18.9 Å². The van der Waals surface area contributed by atoms with Crippen molar-refractivity contribution in [3.8, 4) is 0 Å². The van der Waals surface area contributed by atoms with Gasteiger partial charge in [0.25, 0.3) is 0 Å². The van der Waals surface area contributed by atoms with Crippen molar-refractivity contribution >= 4 is 21.6 Å². The second-order valence-corrected chi connectivity index (χ2v) is 13.4. The highest BCUT2D eigenvalue weighted by atomic mass is 32.2. The third-order valence-corrected chi connectivity index (χ3v) is 10.3. The fourth-order valence-electron chi connectivity index (χ4n) is 5.97. The van der Waals surface area contributed by atoms with Gasteiger partial charge in [-0.3, -0.25) is 4.79 Å². The molecule has 1 saturated heterocycles. The summed E-state index contributed by atoms with van der Waals surface area (Å²) < 4.78 is 72.2. The normalized spacial score (nSPS) is 17.0. The molecule has 1 fully saturated rings. The molecule has 0 unspecified atom stereocenters. The lowest BCUT2D eigenvalue weighted by molar-refractivity contribution is -0.119. The summed E-state index contributed by atoms with van der Waals surface area (Å²) in [6, 6.07) is 22.8. The summed E-state index contributed by atoms with van der Waals surface area (Å²) in [4.78, 5) is 13.9. The molecule has 1 amide bonds. The average molecular weight is 636 g/mol. The van der Waals surface area contributed by atoms with E-state index in [1.165, 1.54) is 28.6 Å². The Labute approximate surface area is 262 Å². The van der Waals surface area contributed by atoms with Crippen LogP contribution in [0.25, 0.3) is 0 Å². The number of nitrogens with zero attached hydrogens (tertiary/aromatic N) is 1. The first kappa shape index (κ1) is 32.4. The summed E-state index contributed by atoms with van der Waals surface area (Å²) in [5, 5.41) is 6.09. The van der Waals surface area contributed by atoms with Crippen LogP contribution in [0.1, 0.15) is 41.5 Å². The molecule has 4 aromatic carbocycles. The Kier molecular flexibility index (Phi) is 10.1. The van der Waals surface area contributed by atoms with Gasteiger partial charge in [0.15, 0.2) is 0 Å². The van der Waals surface area contributed by atoms with Crippen LogP contribution in [-0.4, -0.2) is 44.3 Å². The first-order valence-electron chi connectivity index (χ1n) is 14.9. The second kappa shape index (κ2) is 14.0. The maximum absolute atomic E-state index is 15.3. The minimum absolute atomic E-state index is 0.167. The molecule has 0 spiro atoms. The van der Waals surface area contributed by atoms with Crippen molar-refractivity contribution in [1.29, 1.82) is 0 Å². The highest BCUT2D eigenvalue weighted by Crippen LogP contribution is 2.35. The fraction of sp³-hybridized carbons (Fsp3) is 0.286. The van der Waals surface area contributed by atoms with Crippen LogP contribution < -0.4 is 10.6 Å². The lowest BCUT2D eigenvalue weighted by Crippen LogP contribution is -2.53. The number of aryl methyl sites for hydroxylation is 1. The van der Waals surface area contributed by atoms with Gasteiger partial charge in [0.05, 0.1) is 4.90 Å². The summed E-state index contributed by atoms with van der Waals surface area (Å²) in [5.41, 5.74) is 2.53. The number of halogens is 3. The highest BCUT2D eigenvalue weighted by Gasteiger charge is 2.34. The van der Waals surface area contributed by atoms with Crippen molar-refractivity contribution in [2.45, 2.75) is 43.5 Å². The minimum atomic E-state index is -3.76. The standard InChI is InChI=1S/C35H36F3N3O3S/c1-23-11-13-25(14-12-23)34(26-19-27(36)21-28(37)20-26)24(2)35(42)40-33-10-6-9-32(38)31(33)16-15-29-22-39-17-18-41(29)45(43,44)30-7-4-3-5-8-30/h3-14,19-21,24,29,34,39H,15-18,22H2,1-2H3,(H,40,42)/t24-,29-,34-/m0/s1. The Morgan fingerprint density at radius 1 is 0.933 bits per heavy atom. The summed E-state index contributed by atoms with van der Waals surface area (Å²) >= 11 is 0. The van der Waals surface area contributed by atoms with Crippen LogP contribution in [0.2, 0.25) is 0 Å². The van der Waals surface area contributed by atoms with Gasteiger partial charge in [-0.05, 0) is 67.3 Å². The van der Waals surface area contributed by atoms with E-state index < -0.39 is 51.3 Å². The molecule has 45 heavy (non-hydrogen) atoms. The maximum atomic E-state index is 15.3. The van der Waals surface area contributed by atoms with Crippen molar-refractivity contribution in [1.82, 2.24) is 9.62 Å². The van der Waals surface area contributed by atoms with Gasteiger partial charge in [-0.25, -0.2) is 21.6 Å². The molecule has 1 aliphatic heterocycles. The maximum Gasteiger partial charge on any atom is 0.243 e. The smallest absolute Gasteiger partial charge is 0.243 e. The van der Waals surface area contributed by atoms with Crippen LogP contribution in [0.15, 0.2) is 95.9 Å². The Morgan fingerprint density at radius 3 is 2.31 bits per heavy atom. The summed E-state index contributed by atoms with van der Waals surface area (Å²) in [7, 11) is -3.76. The monoisotopic (exact) mass is 635 g/mol. The fourth-order valence-corrected chi connectivity index (χ4v) is 7.65. The van der Waals surface area contributed by atoms with Gasteiger partial charge in [0, 0.05) is 54.8 Å². The van der Waals surface area contributed by atoms with E-state index >= 15 is 4.39 Å². The zero-order valence-electron chi connectivity index (χ0n) is 25.1. The molecular weight excluding hydrogens is 599 g/mol. The quantitative estimate of drug-likeness (QED) is 0.211. The molecule has 0 aromatic heterocycles. The van der Waals surface area contributed by atoms with E-state index in [1.54, 1.807) is 43.3 Å². The third-order valence-electron chi connectivity index (χ3n) is 8.34. The van der Waals surface area contributed by atoms with E-state index in [-0.39, 0.29) is 29.1 Å². The van der Waals surface area contributed by atoms with E-state index in [0.717, 1.165) is 11.6 Å². The van der Waals surface area contributed by atoms with E-state index in [0.29, 0.717) is 30.6 Å². The molecule has 1 heterocycles. The third kappa shape index (κ3) is 7.46. The molecule has 6 nitrogen and oxygen atoms in total. The molecule has 0 saturated carbocycles. The molecule has 0 bridgehead atoms. The van der Waals surface area contributed by atoms with Crippen LogP contribution in [0.3, 0.4) is 0 Å². The molecule has 0 radical (unpaired) electrons. The summed E-state index contributed by atoms with van der Waals surface area (Å²) in [6.07, 6.45) is 0.479.